The van der Waals surface area contributed by atoms with Crippen LogP contribution < -0.4 is 10.9 Å². The molecule has 2 heterocycles. The van der Waals surface area contributed by atoms with Crippen LogP contribution in [0.15, 0.2) is 55.8 Å². The van der Waals surface area contributed by atoms with E-state index in [4.69, 9.17) is 23.2 Å². The highest BCUT2D eigenvalue weighted by molar-refractivity contribution is 7.86. The van der Waals surface area contributed by atoms with E-state index in [2.05, 4.69) is 9.97 Å². The smallest absolute Gasteiger partial charge is 0.298 e. The third-order valence-corrected chi connectivity index (χ3v) is 8.07. The highest BCUT2D eigenvalue weighted by Crippen LogP contribution is 2.31. The molecule has 5 rings (SSSR count). The molecule has 0 atom stereocenters. The lowest BCUT2D eigenvalue weighted by molar-refractivity contribution is 0.481. The van der Waals surface area contributed by atoms with Gasteiger partial charge in [-0.2, -0.15) is 16.8 Å². The molecule has 0 aliphatic heterocycles. The molecule has 3 aromatic carbocycles. The Kier molecular flexibility index (Phi) is 4.86. The number of aromatic amines is 2. The average molecular weight is 541 g/mol. The van der Waals surface area contributed by atoms with Gasteiger partial charge >= 0.3 is 0 Å². The van der Waals surface area contributed by atoms with Crippen molar-refractivity contribution < 1.29 is 25.9 Å². The molecule has 0 radical (unpaired) electrons. The molecule has 0 aliphatic carbocycles. The summed E-state index contributed by atoms with van der Waals surface area (Å²) in [6, 6.07) is 7.20. The summed E-state index contributed by atoms with van der Waals surface area (Å²) in [5.74, 6) is 0. The van der Waals surface area contributed by atoms with Gasteiger partial charge in [-0.3, -0.25) is 18.7 Å². The van der Waals surface area contributed by atoms with Crippen molar-refractivity contribution in [3.8, 4) is 0 Å². The van der Waals surface area contributed by atoms with Gasteiger partial charge in [-0.25, -0.2) is 0 Å². The molecule has 0 fully saturated rings. The predicted octanol–water partition coefficient (Wildman–Crippen LogP) is 3.48. The van der Waals surface area contributed by atoms with Crippen molar-refractivity contribution in [2.75, 3.05) is 0 Å². The van der Waals surface area contributed by atoms with Crippen LogP contribution in [-0.2, 0) is 20.2 Å². The van der Waals surface area contributed by atoms with Gasteiger partial charge in [0.05, 0.1) is 32.1 Å². The number of hydrogen-bond acceptors (Lipinski definition) is 6. The second kappa shape index (κ2) is 7.25. The fourth-order valence-corrected chi connectivity index (χ4v) is 6.13. The van der Waals surface area contributed by atoms with Crippen LogP contribution in [0.25, 0.3) is 43.6 Å². The number of H-pyrrole nitrogens is 2. The Hall–Kier alpha value is -3.00. The molecule has 0 unspecified atom stereocenters. The van der Waals surface area contributed by atoms with Gasteiger partial charge in [0.2, 0.25) is 0 Å². The molecule has 0 saturated carbocycles. The molecule has 174 valence electrons. The Morgan fingerprint density at radius 1 is 0.647 bits per heavy atom. The normalized spacial score (nSPS) is 12.8. The van der Waals surface area contributed by atoms with Gasteiger partial charge in [0.25, 0.3) is 20.2 Å². The minimum Gasteiger partial charge on any atom is -0.354 e. The Balaban J connectivity index is 1.97. The summed E-state index contributed by atoms with van der Waals surface area (Å²) in [6.07, 6.45) is 0. The van der Waals surface area contributed by atoms with Crippen LogP contribution in [0, 0.1) is 0 Å². The molecule has 0 amide bonds. The van der Waals surface area contributed by atoms with Crippen molar-refractivity contribution in [3.05, 3.63) is 66.9 Å². The number of halogens is 2. The number of pyridine rings is 2. The highest BCUT2D eigenvalue weighted by atomic mass is 35.5. The lowest BCUT2D eigenvalue weighted by Gasteiger charge is -2.10. The number of rotatable bonds is 2. The lowest BCUT2D eigenvalue weighted by atomic mass is 10.1. The molecule has 0 saturated heterocycles. The maximum atomic E-state index is 13.2. The van der Waals surface area contributed by atoms with E-state index in [0.717, 1.165) is 12.1 Å². The molecule has 0 aliphatic rings. The first-order valence-electron chi connectivity index (χ1n) is 9.20. The standard InChI is InChI=1S/C20H10Cl2N2O8S2/c21-11-2-1-7-17(20(11)34(30,31)32)24-14-4-8-13(3-9(14)18(7)25)23-15-6-12(22)16(33(27,28)29)5-10(15)19(8)26/h1-6H,(H,23,26)(H,24,25)(H,27,28,29)(H,30,31,32). The number of nitrogens with one attached hydrogen (secondary N) is 2. The summed E-state index contributed by atoms with van der Waals surface area (Å²) in [5, 5.41) is -0.677. The molecular weight excluding hydrogens is 531 g/mol. The average Bonchev–Trinajstić information content (AvgIpc) is 2.71. The van der Waals surface area contributed by atoms with Crippen LogP contribution in [0.2, 0.25) is 10.0 Å². The van der Waals surface area contributed by atoms with E-state index in [1.54, 1.807) is 0 Å². The van der Waals surface area contributed by atoms with Crippen molar-refractivity contribution in [3.63, 3.8) is 0 Å². The minimum absolute atomic E-state index is 0.0223. The van der Waals surface area contributed by atoms with Gasteiger partial charge in [-0.1, -0.05) is 23.2 Å². The molecular formula is C20H10Cl2N2O8S2. The number of aromatic nitrogens is 2. The van der Waals surface area contributed by atoms with Gasteiger partial charge in [-0.05, 0) is 36.4 Å². The topological polar surface area (TPSA) is 174 Å². The van der Waals surface area contributed by atoms with E-state index in [9.17, 15) is 35.5 Å². The molecule has 34 heavy (non-hydrogen) atoms. The summed E-state index contributed by atoms with van der Waals surface area (Å²) in [6.45, 7) is 0. The van der Waals surface area contributed by atoms with E-state index in [-0.39, 0.29) is 53.7 Å². The zero-order valence-electron chi connectivity index (χ0n) is 16.4. The summed E-state index contributed by atoms with van der Waals surface area (Å²) in [4.78, 5) is 30.6. The maximum Gasteiger partial charge on any atom is 0.298 e. The van der Waals surface area contributed by atoms with Crippen LogP contribution in [0.4, 0.5) is 0 Å². The van der Waals surface area contributed by atoms with Crippen molar-refractivity contribution in [2.45, 2.75) is 9.79 Å². The largest absolute Gasteiger partial charge is 0.354 e. The number of hydrogen-bond donors (Lipinski definition) is 4. The third-order valence-electron chi connectivity index (χ3n) is 5.38. The van der Waals surface area contributed by atoms with Crippen molar-refractivity contribution in [1.29, 1.82) is 0 Å². The first kappa shape index (κ1) is 22.8. The molecule has 14 heteroatoms. The maximum absolute atomic E-state index is 13.2. The summed E-state index contributed by atoms with van der Waals surface area (Å²) < 4.78 is 65.9. The number of fused-ring (bicyclic) bond motifs is 4. The number of benzene rings is 3. The minimum atomic E-state index is -4.81. The zero-order chi connectivity index (χ0) is 24.7. The summed E-state index contributed by atoms with van der Waals surface area (Å²) in [7, 11) is -9.52. The second-order valence-electron chi connectivity index (χ2n) is 7.43. The van der Waals surface area contributed by atoms with Crippen LogP contribution in [0.5, 0.6) is 0 Å². The van der Waals surface area contributed by atoms with E-state index >= 15 is 0 Å². The predicted molar refractivity (Wildman–Crippen MR) is 127 cm³/mol. The van der Waals surface area contributed by atoms with Gasteiger partial charge in [0.1, 0.15) is 9.79 Å². The van der Waals surface area contributed by atoms with Crippen molar-refractivity contribution in [2.24, 2.45) is 0 Å². The van der Waals surface area contributed by atoms with E-state index in [0.29, 0.717) is 0 Å². The summed E-state index contributed by atoms with van der Waals surface area (Å²) in [5.41, 5.74) is -1.04. The van der Waals surface area contributed by atoms with Crippen molar-refractivity contribution in [1.82, 2.24) is 9.97 Å². The van der Waals surface area contributed by atoms with E-state index in [1.807, 2.05) is 0 Å². The van der Waals surface area contributed by atoms with E-state index in [1.165, 1.54) is 24.3 Å². The Morgan fingerprint density at radius 3 is 1.76 bits per heavy atom. The Labute approximate surface area is 199 Å². The molecule has 5 aromatic rings. The van der Waals surface area contributed by atoms with Gasteiger partial charge < -0.3 is 9.97 Å². The highest BCUT2D eigenvalue weighted by Gasteiger charge is 2.22. The monoisotopic (exact) mass is 540 g/mol. The van der Waals surface area contributed by atoms with Crippen LogP contribution in [0.1, 0.15) is 0 Å². The lowest BCUT2D eigenvalue weighted by Crippen LogP contribution is -2.11. The first-order chi connectivity index (χ1) is 15.8. The second-order valence-corrected chi connectivity index (χ2v) is 11.0. The third kappa shape index (κ3) is 3.38. The van der Waals surface area contributed by atoms with Crippen molar-refractivity contribution >= 4 is 87.0 Å². The first-order valence-corrected chi connectivity index (χ1v) is 12.8. The fraction of sp³-hybridized carbons (Fsp3) is 0. The van der Waals surface area contributed by atoms with Gasteiger partial charge in [0.15, 0.2) is 10.9 Å². The molecule has 0 bridgehead atoms. The summed E-state index contributed by atoms with van der Waals surface area (Å²) >= 11 is 11.9. The zero-order valence-corrected chi connectivity index (χ0v) is 19.5. The molecule has 4 N–H and O–H groups in total. The van der Waals surface area contributed by atoms with Crippen LogP contribution >= 0.6 is 23.2 Å². The van der Waals surface area contributed by atoms with Crippen LogP contribution in [-0.4, -0.2) is 35.9 Å². The Morgan fingerprint density at radius 2 is 1.18 bits per heavy atom. The Bertz CT molecular complexity index is 2080. The van der Waals surface area contributed by atoms with Gasteiger partial charge in [0, 0.05) is 21.5 Å². The quantitative estimate of drug-likeness (QED) is 0.194. The molecule has 10 nitrogen and oxygen atoms in total. The van der Waals surface area contributed by atoms with Crippen LogP contribution in [0.3, 0.4) is 0 Å². The van der Waals surface area contributed by atoms with E-state index < -0.39 is 40.9 Å². The SMILES string of the molecule is O=c1c2cc(S(=O)(=O)O)c(Cl)cc2[nH]c2cc3c(=O)c4ccc(Cl)c(S(=O)(=O)O)c4[nH]c3cc12. The van der Waals surface area contributed by atoms with Gasteiger partial charge in [-0.15, -0.1) is 0 Å². The fourth-order valence-electron chi connectivity index (χ4n) is 3.92. The molecule has 2 aromatic heterocycles. The molecule has 0 spiro atoms.